The van der Waals surface area contributed by atoms with Crippen molar-refractivity contribution in [2.24, 2.45) is 0 Å². The van der Waals surface area contributed by atoms with E-state index in [9.17, 15) is 9.90 Å². The number of hydrogen-bond donors (Lipinski definition) is 1. The summed E-state index contributed by atoms with van der Waals surface area (Å²) in [5.41, 5.74) is -0.582. The number of rotatable bonds is 5. The Labute approximate surface area is 173 Å². The maximum Gasteiger partial charge on any atom is 0.496 e. The maximum absolute atomic E-state index is 11.6. The molecule has 158 valence electrons. The zero-order valence-corrected chi connectivity index (χ0v) is 18.6. The first-order chi connectivity index (χ1) is 13.2. The van der Waals surface area contributed by atoms with Gasteiger partial charge in [0.15, 0.2) is 0 Å². The number of carbonyl (C=O) groups is 1. The average molecular weight is 403 g/mol. The molecule has 0 spiro atoms. The Morgan fingerprint density at radius 3 is 1.90 bits per heavy atom. The highest BCUT2D eigenvalue weighted by atomic mass is 16.7. The van der Waals surface area contributed by atoms with Crippen LogP contribution in [0.5, 0.6) is 0 Å². The van der Waals surface area contributed by atoms with Gasteiger partial charge >= 0.3 is 20.2 Å². The van der Waals surface area contributed by atoms with Crippen molar-refractivity contribution in [3.63, 3.8) is 0 Å². The molecule has 29 heavy (non-hydrogen) atoms. The van der Waals surface area contributed by atoms with E-state index in [1.54, 1.807) is 12.4 Å². The summed E-state index contributed by atoms with van der Waals surface area (Å²) >= 11 is 0. The third kappa shape index (κ3) is 4.10. The van der Waals surface area contributed by atoms with Crippen LogP contribution in [0.25, 0.3) is 0 Å². The molecule has 0 aromatic carbocycles. The van der Waals surface area contributed by atoms with Crippen LogP contribution in [0, 0.1) is 0 Å². The van der Waals surface area contributed by atoms with E-state index in [2.05, 4.69) is 4.98 Å². The molecular formula is C20H31B2NO6. The first kappa shape index (κ1) is 22.3. The van der Waals surface area contributed by atoms with Crippen LogP contribution in [0.4, 0.5) is 0 Å². The van der Waals surface area contributed by atoms with E-state index in [0.717, 1.165) is 11.0 Å². The van der Waals surface area contributed by atoms with Crippen LogP contribution in [0.1, 0.15) is 73.2 Å². The smallest absolute Gasteiger partial charge is 0.481 e. The molecule has 3 heterocycles. The normalized spacial score (nSPS) is 25.2. The summed E-state index contributed by atoms with van der Waals surface area (Å²) < 4.78 is 24.5. The van der Waals surface area contributed by atoms with E-state index in [-0.39, 0.29) is 6.42 Å². The van der Waals surface area contributed by atoms with Crippen LogP contribution >= 0.6 is 0 Å². The lowest BCUT2D eigenvalue weighted by atomic mass is 9.65. The first-order valence-corrected chi connectivity index (χ1v) is 10.0. The van der Waals surface area contributed by atoms with Gasteiger partial charge in [-0.05, 0) is 61.0 Å². The molecule has 2 aliphatic rings. The van der Waals surface area contributed by atoms with Crippen molar-refractivity contribution in [3.8, 4) is 0 Å². The van der Waals surface area contributed by atoms with Gasteiger partial charge in [-0.1, -0.05) is 6.07 Å². The number of aromatic nitrogens is 1. The third-order valence-corrected chi connectivity index (χ3v) is 6.73. The molecule has 0 bridgehead atoms. The van der Waals surface area contributed by atoms with Crippen LogP contribution in [0.2, 0.25) is 0 Å². The Morgan fingerprint density at radius 1 is 0.931 bits per heavy atom. The van der Waals surface area contributed by atoms with E-state index < -0.39 is 48.4 Å². The van der Waals surface area contributed by atoms with E-state index in [0.29, 0.717) is 0 Å². The van der Waals surface area contributed by atoms with E-state index in [1.165, 1.54) is 0 Å². The van der Waals surface area contributed by atoms with Crippen LogP contribution in [-0.4, -0.2) is 52.7 Å². The molecule has 0 saturated carbocycles. The van der Waals surface area contributed by atoms with E-state index in [1.807, 2.05) is 61.5 Å². The largest absolute Gasteiger partial charge is 0.496 e. The van der Waals surface area contributed by atoms with Crippen molar-refractivity contribution < 1.29 is 28.5 Å². The Bertz CT molecular complexity index is 763. The van der Waals surface area contributed by atoms with Crippen molar-refractivity contribution >= 4 is 25.7 Å². The van der Waals surface area contributed by atoms with Crippen LogP contribution in [0.15, 0.2) is 18.5 Å². The fourth-order valence-electron chi connectivity index (χ4n) is 3.40. The van der Waals surface area contributed by atoms with Gasteiger partial charge in [-0.25, -0.2) is 0 Å². The zero-order chi connectivity index (χ0) is 21.8. The standard InChI is InChI=1S/C20H31B2NO6/c1-17(2)18(3,4)27-21(26-17)14-9-13(11-23-12-14)15(10-16(24)25)22-28-19(5,6)20(7,8)29-22/h9,11-12,15H,10H2,1-8H3,(H,24,25). The predicted octanol–water partition coefficient (Wildman–Crippen LogP) is 2.57. The lowest BCUT2D eigenvalue weighted by Gasteiger charge is -2.32. The molecule has 1 unspecified atom stereocenters. The Kier molecular flexibility index (Phi) is 5.44. The van der Waals surface area contributed by atoms with Crippen molar-refractivity contribution in [3.05, 3.63) is 24.0 Å². The number of carboxylic acids is 1. The summed E-state index contributed by atoms with van der Waals surface area (Å²) in [6.07, 6.45) is 3.21. The molecule has 2 fully saturated rings. The fourth-order valence-corrected chi connectivity index (χ4v) is 3.40. The summed E-state index contributed by atoms with van der Waals surface area (Å²) in [5.74, 6) is -1.44. The van der Waals surface area contributed by atoms with Crippen molar-refractivity contribution in [2.75, 3.05) is 0 Å². The highest BCUT2D eigenvalue weighted by molar-refractivity contribution is 6.62. The molecule has 1 aromatic heterocycles. The maximum atomic E-state index is 11.6. The monoisotopic (exact) mass is 403 g/mol. The molecule has 2 saturated heterocycles. The SMILES string of the molecule is CC1(C)OB(c2cncc(C(CC(=O)O)B3OC(C)(C)C(C)(C)O3)c2)OC1(C)C. The van der Waals surface area contributed by atoms with Gasteiger partial charge in [0, 0.05) is 23.7 Å². The van der Waals surface area contributed by atoms with Crippen molar-refractivity contribution in [1.82, 2.24) is 4.98 Å². The molecule has 2 aliphatic heterocycles. The Morgan fingerprint density at radius 2 is 1.41 bits per heavy atom. The van der Waals surface area contributed by atoms with Gasteiger partial charge < -0.3 is 23.7 Å². The van der Waals surface area contributed by atoms with Gasteiger partial charge in [0.05, 0.1) is 28.8 Å². The van der Waals surface area contributed by atoms with E-state index >= 15 is 0 Å². The number of nitrogens with zero attached hydrogens (tertiary/aromatic N) is 1. The minimum absolute atomic E-state index is 0.134. The molecule has 1 N–H and O–H groups in total. The molecule has 9 heteroatoms. The predicted molar refractivity (Wildman–Crippen MR) is 111 cm³/mol. The Hall–Kier alpha value is -1.41. The number of aliphatic carboxylic acids is 1. The molecular weight excluding hydrogens is 372 g/mol. The first-order valence-electron chi connectivity index (χ1n) is 10.0. The minimum Gasteiger partial charge on any atom is -0.481 e. The van der Waals surface area contributed by atoms with Crippen molar-refractivity contribution in [2.45, 2.75) is 90.0 Å². The average Bonchev–Trinajstić information content (AvgIpc) is 2.92. The highest BCUT2D eigenvalue weighted by Gasteiger charge is 2.55. The fraction of sp³-hybridized carbons (Fsp3) is 0.700. The number of carboxylic acid groups (broad SMARTS) is 1. The second-order valence-corrected chi connectivity index (χ2v) is 9.97. The number of pyridine rings is 1. The second kappa shape index (κ2) is 7.08. The summed E-state index contributed by atoms with van der Waals surface area (Å²) in [6, 6.07) is 1.88. The van der Waals surface area contributed by atoms with Gasteiger partial charge in [0.25, 0.3) is 0 Å². The van der Waals surface area contributed by atoms with Gasteiger partial charge in [-0.15, -0.1) is 0 Å². The second-order valence-electron chi connectivity index (χ2n) is 9.97. The van der Waals surface area contributed by atoms with E-state index in [4.69, 9.17) is 18.6 Å². The Balaban J connectivity index is 1.91. The summed E-state index contributed by atoms with van der Waals surface area (Å²) in [5, 5.41) is 9.50. The molecule has 3 rings (SSSR count). The molecule has 0 amide bonds. The lowest BCUT2D eigenvalue weighted by Crippen LogP contribution is -2.41. The van der Waals surface area contributed by atoms with Gasteiger partial charge in [0.2, 0.25) is 0 Å². The lowest BCUT2D eigenvalue weighted by molar-refractivity contribution is -0.137. The molecule has 1 aromatic rings. The van der Waals surface area contributed by atoms with Crippen LogP contribution in [0.3, 0.4) is 0 Å². The summed E-state index contributed by atoms with van der Waals surface area (Å²) in [4.78, 5) is 15.9. The topological polar surface area (TPSA) is 87.1 Å². The quantitative estimate of drug-likeness (QED) is 0.757. The molecule has 0 radical (unpaired) electrons. The van der Waals surface area contributed by atoms with Crippen LogP contribution in [-0.2, 0) is 23.4 Å². The summed E-state index contributed by atoms with van der Waals surface area (Å²) in [6.45, 7) is 15.7. The van der Waals surface area contributed by atoms with Gasteiger partial charge in [-0.2, -0.15) is 0 Å². The van der Waals surface area contributed by atoms with Crippen molar-refractivity contribution in [1.29, 1.82) is 0 Å². The molecule has 0 aliphatic carbocycles. The minimum atomic E-state index is -0.925. The number of hydrogen-bond acceptors (Lipinski definition) is 6. The van der Waals surface area contributed by atoms with Gasteiger partial charge in [0.1, 0.15) is 0 Å². The van der Waals surface area contributed by atoms with Gasteiger partial charge in [-0.3, -0.25) is 9.78 Å². The molecule has 7 nitrogen and oxygen atoms in total. The summed E-state index contributed by atoms with van der Waals surface area (Å²) in [7, 11) is -1.26. The molecule has 1 atom stereocenters. The third-order valence-electron chi connectivity index (χ3n) is 6.73. The zero-order valence-electron chi connectivity index (χ0n) is 18.6. The van der Waals surface area contributed by atoms with Crippen LogP contribution < -0.4 is 5.46 Å². The highest BCUT2D eigenvalue weighted by Crippen LogP contribution is 2.42.